The van der Waals surface area contributed by atoms with Crippen molar-refractivity contribution in [1.82, 2.24) is 10.2 Å². The Morgan fingerprint density at radius 1 is 1.26 bits per heavy atom. The van der Waals surface area contributed by atoms with Crippen LogP contribution in [0.5, 0.6) is 0 Å². The molecule has 0 aromatic carbocycles. The van der Waals surface area contributed by atoms with Gasteiger partial charge < -0.3 is 10.2 Å². The molecule has 0 heterocycles. The summed E-state index contributed by atoms with van der Waals surface area (Å²) in [4.78, 5) is 2.19. The first-order valence-corrected chi connectivity index (χ1v) is 9.25. The van der Waals surface area contributed by atoms with Crippen molar-refractivity contribution in [3.63, 3.8) is 0 Å². The number of hydrogen-bond donors (Lipinski definition) is 1. The van der Waals surface area contributed by atoms with Gasteiger partial charge in [0.1, 0.15) is 9.84 Å². The maximum atomic E-state index is 11.7. The highest BCUT2D eigenvalue weighted by molar-refractivity contribution is 7.91. The lowest BCUT2D eigenvalue weighted by Crippen LogP contribution is -2.49. The molecule has 3 atom stereocenters. The van der Waals surface area contributed by atoms with E-state index in [0.717, 1.165) is 32.2 Å². The average molecular weight is 290 g/mol. The Bertz CT molecular complexity index is 366. The van der Waals surface area contributed by atoms with Gasteiger partial charge in [-0.2, -0.15) is 0 Å². The third kappa shape index (κ3) is 5.79. The van der Waals surface area contributed by atoms with Crippen LogP contribution in [0, 0.1) is 5.92 Å². The summed E-state index contributed by atoms with van der Waals surface area (Å²) in [5, 5.41) is 3.54. The second kappa shape index (κ2) is 7.04. The molecular weight excluding hydrogens is 260 g/mol. The fraction of sp³-hybridized carbons (Fsp3) is 1.00. The van der Waals surface area contributed by atoms with E-state index in [1.54, 1.807) is 0 Å². The molecule has 0 aromatic rings. The van der Waals surface area contributed by atoms with Gasteiger partial charge in [-0.15, -0.1) is 0 Å². The number of nitrogens with zero attached hydrogens (tertiary/aromatic N) is 1. The Morgan fingerprint density at radius 2 is 1.89 bits per heavy atom. The summed E-state index contributed by atoms with van der Waals surface area (Å²) in [5.41, 5.74) is 0. The first-order chi connectivity index (χ1) is 8.70. The van der Waals surface area contributed by atoms with Crippen LogP contribution in [0.1, 0.15) is 39.5 Å². The van der Waals surface area contributed by atoms with Gasteiger partial charge in [-0.05, 0) is 39.3 Å². The van der Waals surface area contributed by atoms with E-state index in [1.807, 2.05) is 0 Å². The van der Waals surface area contributed by atoms with E-state index >= 15 is 0 Å². The number of rotatable bonds is 6. The van der Waals surface area contributed by atoms with Crippen LogP contribution in [-0.2, 0) is 9.84 Å². The molecule has 1 aliphatic rings. The van der Waals surface area contributed by atoms with Crippen molar-refractivity contribution in [3.8, 4) is 0 Å². The zero-order chi connectivity index (χ0) is 14.6. The molecule has 114 valence electrons. The molecule has 1 N–H and O–H groups in total. The lowest BCUT2D eigenvalue weighted by atomic mass is 9.92. The van der Waals surface area contributed by atoms with E-state index < -0.39 is 9.84 Å². The van der Waals surface area contributed by atoms with Gasteiger partial charge in [0.15, 0.2) is 0 Å². The van der Waals surface area contributed by atoms with Crippen molar-refractivity contribution in [2.75, 3.05) is 26.9 Å². The lowest BCUT2D eigenvalue weighted by molar-refractivity contribution is 0.246. The fourth-order valence-corrected chi connectivity index (χ4v) is 4.01. The molecule has 0 radical (unpaired) electrons. The molecule has 1 saturated carbocycles. The van der Waals surface area contributed by atoms with E-state index in [-0.39, 0.29) is 5.25 Å². The third-order valence-corrected chi connectivity index (χ3v) is 5.69. The summed E-state index contributed by atoms with van der Waals surface area (Å²) >= 11 is 0. The van der Waals surface area contributed by atoms with Gasteiger partial charge in [0, 0.05) is 24.9 Å². The molecule has 0 aliphatic heterocycles. The van der Waals surface area contributed by atoms with Crippen LogP contribution < -0.4 is 5.32 Å². The number of nitrogens with one attached hydrogen (secondary N) is 1. The molecule has 3 unspecified atom stereocenters. The molecule has 0 amide bonds. The molecule has 0 saturated heterocycles. The van der Waals surface area contributed by atoms with Crippen molar-refractivity contribution >= 4 is 9.84 Å². The molecule has 1 fully saturated rings. The minimum atomic E-state index is -2.89. The van der Waals surface area contributed by atoms with Crippen LogP contribution in [0.25, 0.3) is 0 Å². The predicted molar refractivity (Wildman–Crippen MR) is 81.2 cm³/mol. The zero-order valence-corrected chi connectivity index (χ0v) is 13.8. The van der Waals surface area contributed by atoms with Crippen molar-refractivity contribution in [1.29, 1.82) is 0 Å². The summed E-state index contributed by atoms with van der Waals surface area (Å²) in [6.07, 6.45) is 5.09. The van der Waals surface area contributed by atoms with Gasteiger partial charge in [0.25, 0.3) is 0 Å². The van der Waals surface area contributed by atoms with Gasteiger partial charge in [-0.3, -0.25) is 0 Å². The predicted octanol–water partition coefficient (Wildman–Crippen LogP) is 1.52. The molecule has 19 heavy (non-hydrogen) atoms. The minimum Gasteiger partial charge on any atom is -0.310 e. The Kier molecular flexibility index (Phi) is 6.27. The highest BCUT2D eigenvalue weighted by Gasteiger charge is 2.30. The molecule has 0 bridgehead atoms. The van der Waals surface area contributed by atoms with Gasteiger partial charge >= 0.3 is 0 Å². The average Bonchev–Trinajstić information content (AvgIpc) is 2.26. The number of sulfone groups is 1. The van der Waals surface area contributed by atoms with Crippen LogP contribution in [0.15, 0.2) is 0 Å². The summed E-state index contributed by atoms with van der Waals surface area (Å²) in [6, 6.07) is 0.777. The topological polar surface area (TPSA) is 49.4 Å². The van der Waals surface area contributed by atoms with E-state index in [0.29, 0.717) is 18.0 Å². The smallest absolute Gasteiger partial charge is 0.150 e. The van der Waals surface area contributed by atoms with Crippen molar-refractivity contribution in [2.24, 2.45) is 5.92 Å². The highest BCUT2D eigenvalue weighted by Crippen LogP contribution is 2.24. The van der Waals surface area contributed by atoms with Crippen molar-refractivity contribution in [2.45, 2.75) is 56.9 Å². The standard InChI is InChI=1S/C14H30N2O2S/c1-11(2)14(10-16(3)4)15-12-7-6-8-13(9-12)19(5,17)18/h11-15H,6-10H2,1-5H3. The minimum absolute atomic E-state index is 0.147. The largest absolute Gasteiger partial charge is 0.310 e. The van der Waals surface area contributed by atoms with Crippen LogP contribution in [0.2, 0.25) is 0 Å². The van der Waals surface area contributed by atoms with Gasteiger partial charge in [0.2, 0.25) is 0 Å². The van der Waals surface area contributed by atoms with Gasteiger partial charge in [-0.25, -0.2) is 8.42 Å². The van der Waals surface area contributed by atoms with E-state index in [9.17, 15) is 8.42 Å². The SMILES string of the molecule is CC(C)C(CN(C)C)NC1CCCC(S(C)(=O)=O)C1. The van der Waals surface area contributed by atoms with E-state index in [1.165, 1.54) is 6.26 Å². The zero-order valence-electron chi connectivity index (χ0n) is 13.0. The summed E-state index contributed by atoms with van der Waals surface area (Å²) in [6.45, 7) is 5.44. The second-order valence-electron chi connectivity index (χ2n) is 6.59. The van der Waals surface area contributed by atoms with Crippen LogP contribution >= 0.6 is 0 Å². The highest BCUT2D eigenvalue weighted by atomic mass is 32.2. The van der Waals surface area contributed by atoms with E-state index in [4.69, 9.17) is 0 Å². The van der Waals surface area contributed by atoms with Crippen LogP contribution in [-0.4, -0.2) is 57.5 Å². The Hall–Kier alpha value is -0.130. The summed E-state index contributed by atoms with van der Waals surface area (Å²) in [5.74, 6) is 0.556. The van der Waals surface area contributed by atoms with Crippen molar-refractivity contribution in [3.05, 3.63) is 0 Å². The monoisotopic (exact) mass is 290 g/mol. The molecule has 0 spiro atoms. The molecule has 1 aliphatic carbocycles. The van der Waals surface area contributed by atoms with Gasteiger partial charge in [-0.1, -0.05) is 20.3 Å². The second-order valence-corrected chi connectivity index (χ2v) is 8.92. The Labute approximate surface area is 118 Å². The molecule has 1 rings (SSSR count). The molecule has 0 aromatic heterocycles. The van der Waals surface area contributed by atoms with Crippen molar-refractivity contribution < 1.29 is 8.42 Å². The molecule has 4 nitrogen and oxygen atoms in total. The maximum Gasteiger partial charge on any atom is 0.150 e. The first kappa shape index (κ1) is 16.9. The summed E-state index contributed by atoms with van der Waals surface area (Å²) < 4.78 is 23.4. The van der Waals surface area contributed by atoms with Gasteiger partial charge in [0.05, 0.1) is 5.25 Å². The lowest BCUT2D eigenvalue weighted by Gasteiger charge is -2.34. The Morgan fingerprint density at radius 3 is 2.37 bits per heavy atom. The normalized spacial score (nSPS) is 26.9. The van der Waals surface area contributed by atoms with E-state index in [2.05, 4.69) is 38.2 Å². The molecule has 5 heteroatoms. The first-order valence-electron chi connectivity index (χ1n) is 7.29. The number of hydrogen-bond acceptors (Lipinski definition) is 4. The molecular formula is C14H30N2O2S. The fourth-order valence-electron chi connectivity index (χ4n) is 2.84. The quantitative estimate of drug-likeness (QED) is 0.806. The van der Waals surface area contributed by atoms with Crippen LogP contribution in [0.4, 0.5) is 0 Å². The maximum absolute atomic E-state index is 11.7. The number of likely N-dealkylation sites (N-methyl/N-ethyl adjacent to an activating group) is 1. The van der Waals surface area contributed by atoms with Crippen LogP contribution in [0.3, 0.4) is 0 Å². The summed E-state index contributed by atoms with van der Waals surface area (Å²) in [7, 11) is 1.27. The third-order valence-electron chi connectivity index (χ3n) is 4.05. The Balaban J connectivity index is 2.59.